The molecule has 2 heterocycles. The maximum absolute atomic E-state index is 12.4. The van der Waals surface area contributed by atoms with Crippen LogP contribution in [-0.2, 0) is 17.8 Å². The molecule has 132 valence electrons. The van der Waals surface area contributed by atoms with Gasteiger partial charge in [-0.2, -0.15) is 0 Å². The second-order valence-electron chi connectivity index (χ2n) is 5.79. The number of benzene rings is 1. The van der Waals surface area contributed by atoms with Crippen molar-refractivity contribution in [3.8, 4) is 0 Å². The van der Waals surface area contributed by atoms with Crippen LogP contribution in [0.15, 0.2) is 35.5 Å². The number of rotatable bonds is 6. The highest BCUT2D eigenvalue weighted by Gasteiger charge is 2.31. The van der Waals surface area contributed by atoms with E-state index in [1.54, 1.807) is 6.92 Å². The van der Waals surface area contributed by atoms with Gasteiger partial charge in [0, 0.05) is 26.1 Å². The first-order chi connectivity index (χ1) is 12.1. The van der Waals surface area contributed by atoms with Crippen LogP contribution in [0.5, 0.6) is 0 Å². The Kier molecular flexibility index (Phi) is 5.37. The maximum Gasteiger partial charge on any atom is 0.324 e. The van der Waals surface area contributed by atoms with Crippen molar-refractivity contribution in [2.24, 2.45) is 0 Å². The second kappa shape index (κ2) is 7.69. The zero-order chi connectivity index (χ0) is 17.8. The molecule has 25 heavy (non-hydrogen) atoms. The molecule has 1 atom stereocenters. The Morgan fingerprint density at radius 1 is 1.32 bits per heavy atom. The normalized spacial score (nSPS) is 15.3. The van der Waals surface area contributed by atoms with Crippen molar-refractivity contribution in [3.05, 3.63) is 41.7 Å². The molecule has 8 heteroatoms. The zero-order valence-electron chi connectivity index (χ0n) is 14.3. The van der Waals surface area contributed by atoms with Crippen molar-refractivity contribution in [3.63, 3.8) is 0 Å². The lowest BCUT2D eigenvalue weighted by Gasteiger charge is -2.17. The van der Waals surface area contributed by atoms with E-state index in [0.717, 1.165) is 12.4 Å². The van der Waals surface area contributed by atoms with Gasteiger partial charge in [0.25, 0.3) is 0 Å². The molecular weight excluding hydrogens is 338 g/mol. The van der Waals surface area contributed by atoms with Crippen LogP contribution in [0, 0.1) is 0 Å². The largest absolute Gasteiger partial charge is 0.336 e. The summed E-state index contributed by atoms with van der Waals surface area (Å²) < 4.78 is 2.02. The third-order valence-corrected chi connectivity index (χ3v) is 5.14. The molecule has 1 saturated heterocycles. The van der Waals surface area contributed by atoms with E-state index in [1.165, 1.54) is 22.2 Å². The summed E-state index contributed by atoms with van der Waals surface area (Å²) in [7, 11) is 0. The number of thioether (sulfide) groups is 1. The highest BCUT2D eigenvalue weighted by atomic mass is 32.2. The molecule has 3 amide bonds. The number of amides is 3. The van der Waals surface area contributed by atoms with Crippen LogP contribution in [-0.4, -0.2) is 49.9 Å². The topological polar surface area (TPSA) is 80.1 Å². The Morgan fingerprint density at radius 2 is 2.08 bits per heavy atom. The summed E-state index contributed by atoms with van der Waals surface area (Å²) in [5, 5.41) is 11.5. The van der Waals surface area contributed by atoms with Crippen molar-refractivity contribution in [1.29, 1.82) is 0 Å². The van der Waals surface area contributed by atoms with E-state index in [4.69, 9.17) is 0 Å². The highest BCUT2D eigenvalue weighted by molar-refractivity contribution is 8.00. The van der Waals surface area contributed by atoms with Crippen molar-refractivity contribution in [1.82, 2.24) is 25.0 Å². The fraction of sp³-hybridized carbons (Fsp3) is 0.412. The minimum absolute atomic E-state index is 0.199. The fourth-order valence-corrected chi connectivity index (χ4v) is 3.74. The van der Waals surface area contributed by atoms with Gasteiger partial charge in [0.05, 0.1) is 5.25 Å². The quantitative estimate of drug-likeness (QED) is 0.797. The summed E-state index contributed by atoms with van der Waals surface area (Å²) in [5.41, 5.74) is 1.17. The van der Waals surface area contributed by atoms with E-state index in [1.807, 2.05) is 29.7 Å². The Labute approximate surface area is 150 Å². The summed E-state index contributed by atoms with van der Waals surface area (Å²) in [6.45, 7) is 5.48. The maximum atomic E-state index is 12.4. The van der Waals surface area contributed by atoms with Gasteiger partial charge in [-0.3, -0.25) is 9.69 Å². The molecule has 0 aliphatic carbocycles. The smallest absolute Gasteiger partial charge is 0.324 e. The first-order valence-electron chi connectivity index (χ1n) is 8.32. The van der Waals surface area contributed by atoms with Gasteiger partial charge in [-0.1, -0.05) is 42.1 Å². The summed E-state index contributed by atoms with van der Waals surface area (Å²) in [6.07, 6.45) is 0.694. The number of hydrogen-bond donors (Lipinski definition) is 1. The van der Waals surface area contributed by atoms with Gasteiger partial charge in [-0.15, -0.1) is 10.2 Å². The third kappa shape index (κ3) is 3.84. The van der Waals surface area contributed by atoms with E-state index < -0.39 is 5.25 Å². The molecule has 0 radical (unpaired) electrons. The molecule has 1 aromatic carbocycles. The molecule has 0 spiro atoms. The van der Waals surface area contributed by atoms with Gasteiger partial charge in [-0.05, 0) is 19.4 Å². The minimum Gasteiger partial charge on any atom is -0.336 e. The molecule has 1 N–H and O–H groups in total. The van der Waals surface area contributed by atoms with Crippen molar-refractivity contribution in [2.75, 3.05) is 13.1 Å². The molecule has 1 aromatic heterocycles. The number of urea groups is 1. The molecule has 1 unspecified atom stereocenters. The number of nitrogens with one attached hydrogen (secondary N) is 1. The van der Waals surface area contributed by atoms with Crippen LogP contribution in [0.1, 0.15) is 25.2 Å². The average Bonchev–Trinajstić information content (AvgIpc) is 3.21. The molecule has 1 aliphatic heterocycles. The monoisotopic (exact) mass is 359 g/mol. The Bertz CT molecular complexity index is 762. The summed E-state index contributed by atoms with van der Waals surface area (Å²) in [6, 6.07) is 9.77. The predicted molar refractivity (Wildman–Crippen MR) is 95.4 cm³/mol. The highest BCUT2D eigenvalue weighted by Crippen LogP contribution is 2.25. The predicted octanol–water partition coefficient (Wildman–Crippen LogP) is 1.92. The van der Waals surface area contributed by atoms with Gasteiger partial charge < -0.3 is 9.88 Å². The number of hydrogen-bond acceptors (Lipinski definition) is 5. The van der Waals surface area contributed by atoms with Crippen LogP contribution >= 0.6 is 11.8 Å². The van der Waals surface area contributed by atoms with Gasteiger partial charge in [0.15, 0.2) is 5.16 Å². The molecule has 1 fully saturated rings. The minimum atomic E-state index is -0.400. The summed E-state index contributed by atoms with van der Waals surface area (Å²) >= 11 is 1.34. The van der Waals surface area contributed by atoms with Gasteiger partial charge >= 0.3 is 6.03 Å². The Hall–Kier alpha value is -2.35. The fourth-order valence-electron chi connectivity index (χ4n) is 2.74. The van der Waals surface area contributed by atoms with E-state index >= 15 is 0 Å². The van der Waals surface area contributed by atoms with Crippen LogP contribution in [0.2, 0.25) is 0 Å². The van der Waals surface area contributed by atoms with Crippen molar-refractivity contribution in [2.45, 2.75) is 37.2 Å². The number of nitrogens with zero attached hydrogens (tertiary/aromatic N) is 4. The number of aromatic nitrogens is 3. The molecule has 3 rings (SSSR count). The standard InChI is InChI=1S/C17H21N5O2S/c1-3-21-14(11-13-7-5-4-6-8-13)19-20-17(21)25-12(2)15(23)22-10-9-18-16(22)24/h4-8,12H,3,9-11H2,1-2H3,(H,18,24). The van der Waals surface area contributed by atoms with Gasteiger partial charge in [0.1, 0.15) is 5.82 Å². The molecule has 1 aliphatic rings. The first-order valence-corrected chi connectivity index (χ1v) is 9.20. The molecule has 7 nitrogen and oxygen atoms in total. The van der Waals surface area contributed by atoms with Gasteiger partial charge in [0.2, 0.25) is 5.91 Å². The van der Waals surface area contributed by atoms with Crippen LogP contribution < -0.4 is 5.32 Å². The molecule has 0 saturated carbocycles. The van der Waals surface area contributed by atoms with Gasteiger partial charge in [-0.25, -0.2) is 4.79 Å². The number of carbonyl (C=O) groups excluding carboxylic acids is 2. The zero-order valence-corrected chi connectivity index (χ0v) is 15.1. The average molecular weight is 359 g/mol. The first kappa shape index (κ1) is 17.5. The van der Waals surface area contributed by atoms with Crippen LogP contribution in [0.3, 0.4) is 0 Å². The van der Waals surface area contributed by atoms with Crippen LogP contribution in [0.25, 0.3) is 0 Å². The number of imide groups is 1. The van der Waals surface area contributed by atoms with E-state index in [9.17, 15) is 9.59 Å². The van der Waals surface area contributed by atoms with Crippen molar-refractivity contribution >= 4 is 23.7 Å². The summed E-state index contributed by atoms with van der Waals surface area (Å²) in [4.78, 5) is 25.4. The molecular formula is C17H21N5O2S. The van der Waals surface area contributed by atoms with Crippen molar-refractivity contribution < 1.29 is 9.59 Å². The van der Waals surface area contributed by atoms with E-state index in [2.05, 4.69) is 27.6 Å². The number of carbonyl (C=O) groups is 2. The molecule has 2 aromatic rings. The third-order valence-electron chi connectivity index (χ3n) is 4.07. The molecule has 0 bridgehead atoms. The lowest BCUT2D eigenvalue weighted by molar-refractivity contribution is -0.126. The lowest BCUT2D eigenvalue weighted by Crippen LogP contribution is -2.39. The SMILES string of the molecule is CCn1c(Cc2ccccc2)nnc1SC(C)C(=O)N1CCNC1=O. The lowest BCUT2D eigenvalue weighted by atomic mass is 10.1. The Balaban J connectivity index is 1.72. The van der Waals surface area contributed by atoms with E-state index in [-0.39, 0.29) is 11.9 Å². The second-order valence-corrected chi connectivity index (χ2v) is 7.10. The van der Waals surface area contributed by atoms with E-state index in [0.29, 0.717) is 24.7 Å². The summed E-state index contributed by atoms with van der Waals surface area (Å²) in [5.74, 6) is 0.671. The van der Waals surface area contributed by atoms with Crippen LogP contribution in [0.4, 0.5) is 4.79 Å². The Morgan fingerprint density at radius 3 is 2.72 bits per heavy atom.